The molecule has 0 fully saturated rings. The molecule has 0 aliphatic carbocycles. The van der Waals surface area contributed by atoms with E-state index < -0.39 is 0 Å². The molecule has 1 aromatic carbocycles. The summed E-state index contributed by atoms with van der Waals surface area (Å²) in [5.41, 5.74) is 0.939. The maximum atomic E-state index is 13.2. The molecule has 0 radical (unpaired) electrons. The SMILES string of the molecule is CCCC(COC)NCc1cc(F)cc(Br)c1. The third kappa shape index (κ3) is 5.61. The molecule has 0 heterocycles. The Balaban J connectivity index is 2.52. The van der Waals surface area contributed by atoms with E-state index in [0.717, 1.165) is 22.9 Å². The Morgan fingerprint density at radius 1 is 1.41 bits per heavy atom. The van der Waals surface area contributed by atoms with Gasteiger partial charge < -0.3 is 10.1 Å². The van der Waals surface area contributed by atoms with E-state index in [2.05, 4.69) is 28.2 Å². The largest absolute Gasteiger partial charge is 0.383 e. The highest BCUT2D eigenvalue weighted by Crippen LogP contribution is 2.15. The van der Waals surface area contributed by atoms with Gasteiger partial charge in [0.1, 0.15) is 5.82 Å². The zero-order chi connectivity index (χ0) is 12.7. The van der Waals surface area contributed by atoms with Gasteiger partial charge in [-0.1, -0.05) is 29.3 Å². The topological polar surface area (TPSA) is 21.3 Å². The van der Waals surface area contributed by atoms with Crippen molar-refractivity contribution in [3.63, 3.8) is 0 Å². The number of benzene rings is 1. The molecular weight excluding hydrogens is 285 g/mol. The van der Waals surface area contributed by atoms with E-state index >= 15 is 0 Å². The van der Waals surface area contributed by atoms with Crippen LogP contribution in [0.5, 0.6) is 0 Å². The van der Waals surface area contributed by atoms with Crippen molar-refractivity contribution in [2.24, 2.45) is 0 Å². The average Bonchev–Trinajstić information content (AvgIpc) is 2.25. The minimum absolute atomic E-state index is 0.213. The van der Waals surface area contributed by atoms with Crippen molar-refractivity contribution in [2.75, 3.05) is 13.7 Å². The molecule has 0 aliphatic rings. The summed E-state index contributed by atoms with van der Waals surface area (Å²) in [7, 11) is 1.70. The van der Waals surface area contributed by atoms with Crippen LogP contribution in [0.2, 0.25) is 0 Å². The lowest BCUT2D eigenvalue weighted by atomic mass is 10.1. The molecule has 0 aliphatic heterocycles. The van der Waals surface area contributed by atoms with Gasteiger partial charge >= 0.3 is 0 Å². The van der Waals surface area contributed by atoms with Gasteiger partial charge in [-0.15, -0.1) is 0 Å². The van der Waals surface area contributed by atoms with Crippen molar-refractivity contribution < 1.29 is 9.13 Å². The Morgan fingerprint density at radius 3 is 2.76 bits per heavy atom. The van der Waals surface area contributed by atoms with Crippen LogP contribution < -0.4 is 5.32 Å². The van der Waals surface area contributed by atoms with Gasteiger partial charge in [-0.2, -0.15) is 0 Å². The molecule has 0 spiro atoms. The predicted octanol–water partition coefficient (Wildman–Crippen LogP) is 3.49. The summed E-state index contributed by atoms with van der Waals surface area (Å²) in [6.07, 6.45) is 2.16. The fourth-order valence-electron chi connectivity index (χ4n) is 1.77. The molecule has 96 valence electrons. The molecule has 17 heavy (non-hydrogen) atoms. The van der Waals surface area contributed by atoms with Crippen LogP contribution in [0.15, 0.2) is 22.7 Å². The van der Waals surface area contributed by atoms with Crippen molar-refractivity contribution in [3.05, 3.63) is 34.1 Å². The molecule has 2 nitrogen and oxygen atoms in total. The first kappa shape index (κ1) is 14.6. The lowest BCUT2D eigenvalue weighted by molar-refractivity contribution is 0.161. The second-order valence-electron chi connectivity index (χ2n) is 4.10. The highest BCUT2D eigenvalue weighted by Gasteiger charge is 2.07. The van der Waals surface area contributed by atoms with Gasteiger partial charge in [-0.25, -0.2) is 4.39 Å². The third-order valence-corrected chi connectivity index (χ3v) is 2.98. The molecule has 0 aromatic heterocycles. The summed E-state index contributed by atoms with van der Waals surface area (Å²) in [5.74, 6) is -0.213. The minimum atomic E-state index is -0.213. The lowest BCUT2D eigenvalue weighted by Crippen LogP contribution is -2.32. The number of hydrogen-bond donors (Lipinski definition) is 1. The second kappa shape index (κ2) is 7.80. The summed E-state index contributed by atoms with van der Waals surface area (Å²) >= 11 is 3.29. The van der Waals surface area contributed by atoms with E-state index in [1.54, 1.807) is 13.2 Å². The van der Waals surface area contributed by atoms with E-state index in [-0.39, 0.29) is 5.82 Å². The zero-order valence-corrected chi connectivity index (χ0v) is 11.9. The molecule has 1 atom stereocenters. The Labute approximate surface area is 111 Å². The molecule has 1 rings (SSSR count). The van der Waals surface area contributed by atoms with E-state index in [9.17, 15) is 4.39 Å². The number of halogens is 2. The van der Waals surface area contributed by atoms with Crippen LogP contribution in [0.25, 0.3) is 0 Å². The second-order valence-corrected chi connectivity index (χ2v) is 5.02. The average molecular weight is 304 g/mol. The monoisotopic (exact) mass is 303 g/mol. The zero-order valence-electron chi connectivity index (χ0n) is 10.3. The highest BCUT2D eigenvalue weighted by molar-refractivity contribution is 9.10. The fraction of sp³-hybridized carbons (Fsp3) is 0.538. The maximum absolute atomic E-state index is 13.2. The summed E-state index contributed by atoms with van der Waals surface area (Å²) in [6.45, 7) is 3.48. The van der Waals surface area contributed by atoms with E-state index in [4.69, 9.17) is 4.74 Å². The van der Waals surface area contributed by atoms with Crippen molar-refractivity contribution in [1.29, 1.82) is 0 Å². The Hall–Kier alpha value is -0.450. The summed E-state index contributed by atoms with van der Waals surface area (Å²) < 4.78 is 19.1. The summed E-state index contributed by atoms with van der Waals surface area (Å²) in [5, 5.41) is 3.38. The molecule has 1 N–H and O–H groups in total. The lowest BCUT2D eigenvalue weighted by Gasteiger charge is -2.17. The third-order valence-electron chi connectivity index (χ3n) is 2.52. The first-order valence-corrected chi connectivity index (χ1v) is 6.62. The van der Waals surface area contributed by atoms with Crippen molar-refractivity contribution in [1.82, 2.24) is 5.32 Å². The maximum Gasteiger partial charge on any atom is 0.124 e. The standard InChI is InChI=1S/C13H19BrFNO/c1-3-4-13(9-17-2)16-8-10-5-11(14)7-12(15)6-10/h5-7,13,16H,3-4,8-9H2,1-2H3. The van der Waals surface area contributed by atoms with Gasteiger partial charge in [0.25, 0.3) is 0 Å². The molecule has 0 saturated heterocycles. The van der Waals surface area contributed by atoms with E-state index in [1.165, 1.54) is 6.07 Å². The van der Waals surface area contributed by atoms with Crippen LogP contribution in [0.3, 0.4) is 0 Å². The van der Waals surface area contributed by atoms with Crippen LogP contribution in [-0.4, -0.2) is 19.8 Å². The number of hydrogen-bond acceptors (Lipinski definition) is 2. The van der Waals surface area contributed by atoms with Gasteiger partial charge in [-0.05, 0) is 30.2 Å². The Morgan fingerprint density at radius 2 is 2.18 bits per heavy atom. The van der Waals surface area contributed by atoms with E-state index in [0.29, 0.717) is 19.2 Å². The van der Waals surface area contributed by atoms with Gasteiger partial charge in [0.2, 0.25) is 0 Å². The number of rotatable bonds is 7. The summed E-state index contributed by atoms with van der Waals surface area (Å²) in [6, 6.07) is 5.26. The molecule has 0 bridgehead atoms. The van der Waals surface area contributed by atoms with E-state index in [1.807, 2.05) is 6.07 Å². The normalized spacial score (nSPS) is 12.7. The van der Waals surface area contributed by atoms with Crippen molar-refractivity contribution in [2.45, 2.75) is 32.4 Å². The predicted molar refractivity (Wildman–Crippen MR) is 71.5 cm³/mol. The van der Waals surface area contributed by atoms with Crippen LogP contribution in [0.4, 0.5) is 4.39 Å². The van der Waals surface area contributed by atoms with Gasteiger partial charge in [0.05, 0.1) is 6.61 Å². The summed E-state index contributed by atoms with van der Waals surface area (Å²) in [4.78, 5) is 0. The van der Waals surface area contributed by atoms with Crippen LogP contribution in [0, 0.1) is 5.82 Å². The Bertz CT molecular complexity index is 320. The molecular formula is C13H19BrFNO. The fourth-order valence-corrected chi connectivity index (χ4v) is 2.28. The Kier molecular flexibility index (Phi) is 6.70. The van der Waals surface area contributed by atoms with Crippen LogP contribution >= 0.6 is 15.9 Å². The minimum Gasteiger partial charge on any atom is -0.383 e. The van der Waals surface area contributed by atoms with Crippen LogP contribution in [0.1, 0.15) is 25.3 Å². The van der Waals surface area contributed by atoms with Crippen LogP contribution in [-0.2, 0) is 11.3 Å². The van der Waals surface area contributed by atoms with Gasteiger partial charge in [-0.3, -0.25) is 0 Å². The molecule has 1 aromatic rings. The molecule has 4 heteroatoms. The van der Waals surface area contributed by atoms with Crippen molar-refractivity contribution >= 4 is 15.9 Å². The molecule has 0 amide bonds. The first-order valence-electron chi connectivity index (χ1n) is 5.83. The first-order chi connectivity index (χ1) is 8.15. The van der Waals surface area contributed by atoms with Crippen molar-refractivity contribution in [3.8, 4) is 0 Å². The van der Waals surface area contributed by atoms with Gasteiger partial charge in [0, 0.05) is 24.2 Å². The van der Waals surface area contributed by atoms with Gasteiger partial charge in [0.15, 0.2) is 0 Å². The number of nitrogens with one attached hydrogen (secondary N) is 1. The smallest absolute Gasteiger partial charge is 0.124 e. The molecule has 0 saturated carbocycles. The number of ether oxygens (including phenoxy) is 1. The quantitative estimate of drug-likeness (QED) is 0.832. The number of methoxy groups -OCH3 is 1. The molecule has 1 unspecified atom stereocenters. The highest BCUT2D eigenvalue weighted by atomic mass is 79.9.